The van der Waals surface area contributed by atoms with Gasteiger partial charge < -0.3 is 9.80 Å². The van der Waals surface area contributed by atoms with E-state index < -0.39 is 10.0 Å². The molecule has 1 fully saturated rings. The second kappa shape index (κ2) is 11.0. The Morgan fingerprint density at radius 1 is 1.03 bits per heavy atom. The highest BCUT2D eigenvalue weighted by atomic mass is 35.5. The summed E-state index contributed by atoms with van der Waals surface area (Å²) in [6.07, 6.45) is 1.85. The molecule has 0 spiro atoms. The Morgan fingerprint density at radius 2 is 1.69 bits per heavy atom. The molecule has 0 aromatic heterocycles. The number of benzene rings is 2. The molecule has 1 amide bonds. The summed E-state index contributed by atoms with van der Waals surface area (Å²) in [5.41, 5.74) is 1.90. The molecule has 3 rings (SSSR count). The van der Waals surface area contributed by atoms with Gasteiger partial charge in [0.15, 0.2) is 0 Å². The first-order chi connectivity index (χ1) is 15.1. The second-order valence-corrected chi connectivity index (χ2v) is 11.0. The van der Waals surface area contributed by atoms with Crippen LogP contribution in [0.15, 0.2) is 48.5 Å². The SMILES string of the molecule is CN(Cc1ccccc1)C(=O)C(CCN1CCN(S(C)(=O)=O)CC1)c1ccc(Cl)c(Cl)c1. The Hall–Kier alpha value is -1.64. The molecule has 0 aliphatic carbocycles. The van der Waals surface area contributed by atoms with E-state index >= 15 is 0 Å². The summed E-state index contributed by atoms with van der Waals surface area (Å²) in [5.74, 6) is -0.353. The van der Waals surface area contributed by atoms with Crippen molar-refractivity contribution in [1.29, 1.82) is 0 Å². The van der Waals surface area contributed by atoms with E-state index in [0.717, 1.165) is 11.1 Å². The minimum absolute atomic E-state index is 0.0158. The average Bonchev–Trinajstić information content (AvgIpc) is 2.76. The highest BCUT2D eigenvalue weighted by Crippen LogP contribution is 2.30. The van der Waals surface area contributed by atoms with Crippen LogP contribution in [-0.2, 0) is 21.4 Å². The van der Waals surface area contributed by atoms with Gasteiger partial charge in [0.1, 0.15) is 0 Å². The van der Waals surface area contributed by atoms with Gasteiger partial charge in [-0.2, -0.15) is 4.31 Å². The Balaban J connectivity index is 1.71. The minimum Gasteiger partial charge on any atom is -0.341 e. The van der Waals surface area contributed by atoms with Crippen LogP contribution in [0, 0.1) is 0 Å². The summed E-state index contributed by atoms with van der Waals surface area (Å²) in [5, 5.41) is 0.880. The smallest absolute Gasteiger partial charge is 0.230 e. The van der Waals surface area contributed by atoms with Crippen molar-refractivity contribution in [3.63, 3.8) is 0 Å². The quantitative estimate of drug-likeness (QED) is 0.557. The maximum absolute atomic E-state index is 13.4. The number of likely N-dealkylation sites (N-methyl/N-ethyl adjacent to an activating group) is 1. The van der Waals surface area contributed by atoms with Crippen molar-refractivity contribution in [3.8, 4) is 0 Å². The lowest BCUT2D eigenvalue weighted by Crippen LogP contribution is -2.48. The predicted octanol–water partition coefficient (Wildman–Crippen LogP) is 3.70. The molecule has 1 heterocycles. The number of carbonyl (C=O) groups is 1. The Bertz CT molecular complexity index is 1030. The van der Waals surface area contributed by atoms with Gasteiger partial charge in [-0.15, -0.1) is 0 Å². The fraction of sp³-hybridized carbons (Fsp3) is 0.435. The van der Waals surface area contributed by atoms with Crippen molar-refractivity contribution in [3.05, 3.63) is 69.7 Å². The van der Waals surface area contributed by atoms with Crippen molar-refractivity contribution in [2.24, 2.45) is 0 Å². The van der Waals surface area contributed by atoms with Crippen LogP contribution >= 0.6 is 23.2 Å². The molecule has 0 N–H and O–H groups in total. The molecular formula is C23H29Cl2N3O3S. The van der Waals surface area contributed by atoms with E-state index in [4.69, 9.17) is 23.2 Å². The molecule has 0 bridgehead atoms. The highest BCUT2D eigenvalue weighted by molar-refractivity contribution is 7.88. The lowest BCUT2D eigenvalue weighted by Gasteiger charge is -2.34. The van der Waals surface area contributed by atoms with Crippen molar-refractivity contribution >= 4 is 39.1 Å². The van der Waals surface area contributed by atoms with Gasteiger partial charge in [-0.1, -0.05) is 59.6 Å². The molecule has 174 valence electrons. The van der Waals surface area contributed by atoms with Gasteiger partial charge in [0.25, 0.3) is 0 Å². The summed E-state index contributed by atoms with van der Waals surface area (Å²) < 4.78 is 25.0. The van der Waals surface area contributed by atoms with Crippen molar-refractivity contribution in [1.82, 2.24) is 14.1 Å². The van der Waals surface area contributed by atoms with Gasteiger partial charge in [-0.05, 0) is 36.2 Å². The van der Waals surface area contributed by atoms with Gasteiger partial charge in [-0.3, -0.25) is 4.79 Å². The third-order valence-corrected chi connectivity index (χ3v) is 7.86. The van der Waals surface area contributed by atoms with E-state index in [1.807, 2.05) is 43.4 Å². The Morgan fingerprint density at radius 3 is 2.28 bits per heavy atom. The fourth-order valence-electron chi connectivity index (χ4n) is 3.96. The van der Waals surface area contributed by atoms with E-state index in [1.54, 1.807) is 17.0 Å². The number of sulfonamides is 1. The number of hydrogen-bond acceptors (Lipinski definition) is 4. The normalized spacial score (nSPS) is 16.6. The fourth-order valence-corrected chi connectivity index (χ4v) is 5.09. The van der Waals surface area contributed by atoms with Crippen molar-refractivity contribution in [2.45, 2.75) is 18.9 Å². The standard InChI is InChI=1S/C23H29Cl2N3O3S/c1-26(17-18-6-4-3-5-7-18)23(29)20(19-8-9-21(24)22(25)16-19)10-11-27-12-14-28(15-13-27)32(2,30)31/h3-9,16,20H,10-15,17H2,1-2H3. The summed E-state index contributed by atoms with van der Waals surface area (Å²) in [6.45, 7) is 3.44. The summed E-state index contributed by atoms with van der Waals surface area (Å²) in [7, 11) is -1.36. The molecule has 2 aromatic carbocycles. The maximum Gasteiger partial charge on any atom is 0.230 e. The van der Waals surface area contributed by atoms with Crippen molar-refractivity contribution < 1.29 is 13.2 Å². The second-order valence-electron chi connectivity index (χ2n) is 8.20. The third-order valence-electron chi connectivity index (χ3n) is 5.82. The van der Waals surface area contributed by atoms with Gasteiger partial charge in [0, 0.05) is 39.8 Å². The van der Waals surface area contributed by atoms with Gasteiger partial charge in [-0.25, -0.2) is 8.42 Å². The summed E-state index contributed by atoms with van der Waals surface area (Å²) in [4.78, 5) is 17.4. The number of hydrogen-bond donors (Lipinski definition) is 0. The Kier molecular flexibility index (Phi) is 8.58. The first kappa shape index (κ1) is 25.0. The molecule has 6 nitrogen and oxygen atoms in total. The molecule has 1 saturated heterocycles. The van der Waals surface area contributed by atoms with Gasteiger partial charge >= 0.3 is 0 Å². The zero-order valence-electron chi connectivity index (χ0n) is 18.4. The monoisotopic (exact) mass is 497 g/mol. The molecule has 0 radical (unpaired) electrons. The zero-order chi connectivity index (χ0) is 23.3. The van der Waals surface area contributed by atoms with Crippen LogP contribution < -0.4 is 0 Å². The van der Waals surface area contributed by atoms with Crippen LogP contribution in [0.3, 0.4) is 0 Å². The molecule has 1 atom stereocenters. The minimum atomic E-state index is -3.17. The molecule has 1 aliphatic rings. The largest absolute Gasteiger partial charge is 0.341 e. The molecule has 1 aliphatic heterocycles. The summed E-state index contributed by atoms with van der Waals surface area (Å²) in [6, 6.07) is 15.2. The topological polar surface area (TPSA) is 60.9 Å². The molecular weight excluding hydrogens is 469 g/mol. The number of halogens is 2. The zero-order valence-corrected chi connectivity index (χ0v) is 20.7. The lowest BCUT2D eigenvalue weighted by atomic mass is 9.93. The van der Waals surface area contributed by atoms with Crippen LogP contribution in [0.4, 0.5) is 0 Å². The number of piperazine rings is 1. The Labute approximate surface area is 200 Å². The van der Waals surface area contributed by atoms with Gasteiger partial charge in [0.05, 0.1) is 22.2 Å². The van der Waals surface area contributed by atoms with Crippen LogP contribution in [0.2, 0.25) is 10.0 Å². The van der Waals surface area contributed by atoms with Crippen LogP contribution in [-0.4, -0.2) is 74.5 Å². The van der Waals surface area contributed by atoms with Crippen LogP contribution in [0.1, 0.15) is 23.5 Å². The van der Waals surface area contributed by atoms with Gasteiger partial charge in [0.2, 0.25) is 15.9 Å². The van der Waals surface area contributed by atoms with E-state index in [0.29, 0.717) is 55.7 Å². The number of amides is 1. The predicted molar refractivity (Wildman–Crippen MR) is 130 cm³/mol. The molecule has 1 unspecified atom stereocenters. The van der Waals surface area contributed by atoms with Crippen molar-refractivity contribution in [2.75, 3.05) is 46.0 Å². The van der Waals surface area contributed by atoms with E-state index in [9.17, 15) is 13.2 Å². The first-order valence-corrected chi connectivity index (χ1v) is 13.2. The molecule has 32 heavy (non-hydrogen) atoms. The van der Waals surface area contributed by atoms with Crippen LogP contribution in [0.5, 0.6) is 0 Å². The number of rotatable bonds is 8. The maximum atomic E-state index is 13.4. The number of nitrogens with zero attached hydrogens (tertiary/aromatic N) is 3. The molecule has 9 heteroatoms. The first-order valence-electron chi connectivity index (χ1n) is 10.6. The highest BCUT2D eigenvalue weighted by Gasteiger charge is 2.28. The van der Waals surface area contributed by atoms with E-state index in [2.05, 4.69) is 4.90 Å². The van der Waals surface area contributed by atoms with Crippen LogP contribution in [0.25, 0.3) is 0 Å². The third kappa shape index (κ3) is 6.68. The summed E-state index contributed by atoms with van der Waals surface area (Å²) >= 11 is 12.3. The average molecular weight is 498 g/mol. The number of carbonyl (C=O) groups excluding carboxylic acids is 1. The van der Waals surface area contributed by atoms with E-state index in [1.165, 1.54) is 10.6 Å². The molecule has 2 aromatic rings. The molecule has 0 saturated carbocycles. The lowest BCUT2D eigenvalue weighted by molar-refractivity contribution is -0.132. The van der Waals surface area contributed by atoms with E-state index in [-0.39, 0.29) is 11.8 Å².